The number of hydrogen-bond donors (Lipinski definition) is 0. The van der Waals surface area contributed by atoms with E-state index in [9.17, 15) is 0 Å². The zero-order valence-corrected chi connectivity index (χ0v) is 8.97. The van der Waals surface area contributed by atoms with Gasteiger partial charge in [-0.25, -0.2) is 4.85 Å². The number of rotatable bonds is 2. The Labute approximate surface area is 94.9 Å². The van der Waals surface area contributed by atoms with Gasteiger partial charge in [-0.2, -0.15) is 0 Å². The molecule has 0 heterocycles. The number of benzene rings is 2. The third-order valence-corrected chi connectivity index (χ3v) is 2.27. The molecule has 2 heteroatoms. The van der Waals surface area contributed by atoms with Crippen molar-refractivity contribution in [1.29, 1.82) is 0 Å². The summed E-state index contributed by atoms with van der Waals surface area (Å²) in [4.78, 5) is 3.37. The average molecular weight is 209 g/mol. The lowest BCUT2D eigenvalue weighted by Gasteiger charge is -2.08. The molecule has 0 aromatic heterocycles. The van der Waals surface area contributed by atoms with E-state index >= 15 is 0 Å². The monoisotopic (exact) mass is 209 g/mol. The molecule has 0 spiro atoms. The van der Waals surface area contributed by atoms with Crippen LogP contribution in [0.15, 0.2) is 48.5 Å². The maximum absolute atomic E-state index is 6.93. The Balaban J connectivity index is 2.28. The highest BCUT2D eigenvalue weighted by atomic mass is 16.5. The first-order chi connectivity index (χ1) is 7.79. The van der Waals surface area contributed by atoms with Gasteiger partial charge in [0.1, 0.15) is 11.5 Å². The van der Waals surface area contributed by atoms with Gasteiger partial charge in [-0.05, 0) is 30.7 Å². The average Bonchev–Trinajstić information content (AvgIpc) is 2.32. The molecule has 0 aliphatic carbocycles. The third-order valence-electron chi connectivity index (χ3n) is 2.27. The van der Waals surface area contributed by atoms with E-state index < -0.39 is 0 Å². The normalized spacial score (nSPS) is 9.50. The highest BCUT2D eigenvalue weighted by molar-refractivity contribution is 5.50. The summed E-state index contributed by atoms with van der Waals surface area (Å²) < 4.78 is 5.71. The first-order valence-electron chi connectivity index (χ1n) is 5.00. The van der Waals surface area contributed by atoms with Crippen molar-refractivity contribution in [2.75, 3.05) is 0 Å². The molecule has 0 bridgehead atoms. The minimum Gasteiger partial charge on any atom is -0.458 e. The summed E-state index contributed by atoms with van der Waals surface area (Å²) in [5.41, 5.74) is 1.67. The minimum absolute atomic E-state index is 0.589. The van der Waals surface area contributed by atoms with Crippen molar-refractivity contribution in [1.82, 2.24) is 0 Å². The van der Waals surface area contributed by atoms with Gasteiger partial charge in [0.15, 0.2) is 5.69 Å². The number of ether oxygens (including phenoxy) is 1. The van der Waals surface area contributed by atoms with E-state index in [1.807, 2.05) is 43.3 Å². The fourth-order valence-electron chi connectivity index (χ4n) is 1.41. The van der Waals surface area contributed by atoms with Crippen LogP contribution in [0.4, 0.5) is 5.69 Å². The summed E-state index contributed by atoms with van der Waals surface area (Å²) >= 11 is 0. The van der Waals surface area contributed by atoms with E-state index in [0.29, 0.717) is 11.4 Å². The number of aryl methyl sites for hydroxylation is 1. The van der Waals surface area contributed by atoms with Crippen LogP contribution in [0.25, 0.3) is 4.85 Å². The van der Waals surface area contributed by atoms with Crippen molar-refractivity contribution in [2.24, 2.45) is 0 Å². The molecule has 2 rings (SSSR count). The molecular weight excluding hydrogens is 198 g/mol. The van der Waals surface area contributed by atoms with E-state index in [1.54, 1.807) is 12.1 Å². The van der Waals surface area contributed by atoms with Crippen molar-refractivity contribution >= 4 is 5.69 Å². The van der Waals surface area contributed by atoms with Crippen molar-refractivity contribution in [3.63, 3.8) is 0 Å². The van der Waals surface area contributed by atoms with Crippen LogP contribution < -0.4 is 4.74 Å². The van der Waals surface area contributed by atoms with Gasteiger partial charge in [0.05, 0.1) is 6.57 Å². The second-order valence-corrected chi connectivity index (χ2v) is 3.48. The van der Waals surface area contributed by atoms with Crippen LogP contribution in [0.5, 0.6) is 11.5 Å². The lowest BCUT2D eigenvalue weighted by molar-refractivity contribution is 0.479. The van der Waals surface area contributed by atoms with Crippen LogP contribution in [0.3, 0.4) is 0 Å². The summed E-state index contributed by atoms with van der Waals surface area (Å²) in [6, 6.07) is 15.0. The van der Waals surface area contributed by atoms with Crippen LogP contribution in [0.1, 0.15) is 5.56 Å². The maximum atomic E-state index is 6.93. The van der Waals surface area contributed by atoms with E-state index in [0.717, 1.165) is 11.3 Å². The molecule has 2 aromatic rings. The van der Waals surface area contributed by atoms with E-state index in [-0.39, 0.29) is 0 Å². The number of hydrogen-bond acceptors (Lipinski definition) is 1. The van der Waals surface area contributed by atoms with Gasteiger partial charge in [0.2, 0.25) is 0 Å². The lowest BCUT2D eigenvalue weighted by atomic mass is 10.2. The molecule has 78 valence electrons. The molecule has 0 aliphatic heterocycles. The van der Waals surface area contributed by atoms with Crippen molar-refractivity contribution in [3.8, 4) is 11.5 Å². The van der Waals surface area contributed by atoms with Crippen LogP contribution in [0, 0.1) is 13.5 Å². The molecule has 0 unspecified atom stereocenters. The molecule has 2 nitrogen and oxygen atoms in total. The zero-order chi connectivity index (χ0) is 11.4. The molecule has 16 heavy (non-hydrogen) atoms. The van der Waals surface area contributed by atoms with E-state index in [2.05, 4.69) is 4.85 Å². The fourth-order valence-corrected chi connectivity index (χ4v) is 1.41. The number of nitrogens with zero attached hydrogens (tertiary/aromatic N) is 1. The molecule has 0 saturated heterocycles. The van der Waals surface area contributed by atoms with Crippen LogP contribution in [-0.4, -0.2) is 0 Å². The predicted molar refractivity (Wildman–Crippen MR) is 64.0 cm³/mol. The first-order valence-corrected chi connectivity index (χ1v) is 5.00. The van der Waals surface area contributed by atoms with Crippen molar-refractivity contribution < 1.29 is 4.74 Å². The molecule has 0 saturated carbocycles. The molecular formula is C14H11NO. The highest BCUT2D eigenvalue weighted by Crippen LogP contribution is 2.27. The van der Waals surface area contributed by atoms with Crippen LogP contribution in [-0.2, 0) is 0 Å². The Morgan fingerprint density at radius 3 is 2.62 bits per heavy atom. The van der Waals surface area contributed by atoms with Gasteiger partial charge in [0.25, 0.3) is 0 Å². The second-order valence-electron chi connectivity index (χ2n) is 3.48. The Morgan fingerprint density at radius 2 is 1.88 bits per heavy atom. The molecule has 0 atom stereocenters. The second kappa shape index (κ2) is 4.50. The minimum atomic E-state index is 0.589. The number of para-hydroxylation sites is 1. The van der Waals surface area contributed by atoms with Gasteiger partial charge in [-0.3, -0.25) is 0 Å². The van der Waals surface area contributed by atoms with Gasteiger partial charge in [0, 0.05) is 0 Å². The lowest BCUT2D eigenvalue weighted by Crippen LogP contribution is -1.86. The van der Waals surface area contributed by atoms with Gasteiger partial charge in [-0.1, -0.05) is 30.3 Å². The summed E-state index contributed by atoms with van der Waals surface area (Å²) in [6.07, 6.45) is 0. The Hall–Kier alpha value is -2.27. The largest absolute Gasteiger partial charge is 0.458 e. The molecule has 0 amide bonds. The Bertz CT molecular complexity index is 540. The summed E-state index contributed by atoms with van der Waals surface area (Å²) in [7, 11) is 0. The third kappa shape index (κ3) is 2.21. The quantitative estimate of drug-likeness (QED) is 0.671. The Kier molecular flexibility index (Phi) is 2.88. The molecule has 0 aliphatic rings. The highest BCUT2D eigenvalue weighted by Gasteiger charge is 2.00. The van der Waals surface area contributed by atoms with Crippen LogP contribution in [0.2, 0.25) is 0 Å². The summed E-state index contributed by atoms with van der Waals surface area (Å²) in [5, 5.41) is 0. The van der Waals surface area contributed by atoms with Gasteiger partial charge < -0.3 is 4.74 Å². The summed E-state index contributed by atoms with van der Waals surface area (Å²) in [5.74, 6) is 1.52. The zero-order valence-electron chi connectivity index (χ0n) is 8.97. The van der Waals surface area contributed by atoms with Gasteiger partial charge in [-0.15, -0.1) is 0 Å². The standard InChI is InChI=1S/C14H11NO/c1-11-6-3-4-9-14(11)16-13-8-5-7-12(10-13)15-2/h3-10H,1H3. The topological polar surface area (TPSA) is 13.6 Å². The van der Waals surface area contributed by atoms with Gasteiger partial charge >= 0.3 is 0 Å². The first kappa shape index (κ1) is 10.3. The Morgan fingerprint density at radius 1 is 1.06 bits per heavy atom. The summed E-state index contributed by atoms with van der Waals surface area (Å²) in [6.45, 7) is 8.93. The predicted octanol–water partition coefficient (Wildman–Crippen LogP) is 4.34. The van der Waals surface area contributed by atoms with E-state index in [1.165, 1.54) is 0 Å². The van der Waals surface area contributed by atoms with Crippen molar-refractivity contribution in [2.45, 2.75) is 6.92 Å². The fraction of sp³-hybridized carbons (Fsp3) is 0.0714. The smallest absolute Gasteiger partial charge is 0.190 e. The van der Waals surface area contributed by atoms with Crippen LogP contribution >= 0.6 is 0 Å². The molecule has 0 N–H and O–H groups in total. The van der Waals surface area contributed by atoms with Crippen molar-refractivity contribution in [3.05, 3.63) is 65.5 Å². The van der Waals surface area contributed by atoms with E-state index in [4.69, 9.17) is 11.3 Å². The molecule has 0 radical (unpaired) electrons. The SMILES string of the molecule is [C-]#[N+]c1cccc(Oc2ccccc2C)c1. The maximum Gasteiger partial charge on any atom is 0.190 e. The molecule has 2 aromatic carbocycles. The molecule has 0 fully saturated rings.